The Labute approximate surface area is 131 Å². The number of hydrogen-bond acceptors (Lipinski definition) is 2. The molecule has 0 aromatic carbocycles. The second-order valence-electron chi connectivity index (χ2n) is 6.25. The predicted molar refractivity (Wildman–Crippen MR) is 88.7 cm³/mol. The van der Waals surface area contributed by atoms with Gasteiger partial charge in [-0.2, -0.15) is 0 Å². The molecule has 1 fully saturated rings. The van der Waals surface area contributed by atoms with E-state index in [1.807, 2.05) is 12.3 Å². The topological polar surface area (TPSA) is 46.9 Å². The van der Waals surface area contributed by atoms with E-state index in [9.17, 15) is 4.79 Å². The highest BCUT2D eigenvalue weighted by molar-refractivity contribution is 5.87. The van der Waals surface area contributed by atoms with Crippen molar-refractivity contribution in [2.24, 2.45) is 0 Å². The SMILES string of the molecule is CCn1cc(CC(=O)NC2CCCCCC2)c2cccnc21. The first-order chi connectivity index (χ1) is 10.8. The van der Waals surface area contributed by atoms with Crippen molar-refractivity contribution in [3.8, 4) is 0 Å². The first-order valence-corrected chi connectivity index (χ1v) is 8.50. The number of nitrogens with zero attached hydrogens (tertiary/aromatic N) is 2. The molecule has 0 aliphatic heterocycles. The molecular formula is C18H25N3O. The Morgan fingerprint density at radius 3 is 2.82 bits per heavy atom. The number of carbonyl (C=O) groups is 1. The van der Waals surface area contributed by atoms with Gasteiger partial charge in [0, 0.05) is 30.4 Å². The van der Waals surface area contributed by atoms with E-state index in [2.05, 4.69) is 34.1 Å². The summed E-state index contributed by atoms with van der Waals surface area (Å²) in [5.74, 6) is 0.144. The van der Waals surface area contributed by atoms with Gasteiger partial charge in [0.15, 0.2) is 0 Å². The van der Waals surface area contributed by atoms with Crippen LogP contribution in [0.15, 0.2) is 24.5 Å². The molecule has 0 atom stereocenters. The molecule has 1 aliphatic rings. The third-order valence-corrected chi connectivity index (χ3v) is 4.63. The van der Waals surface area contributed by atoms with E-state index >= 15 is 0 Å². The van der Waals surface area contributed by atoms with E-state index in [4.69, 9.17) is 0 Å². The summed E-state index contributed by atoms with van der Waals surface area (Å²) in [6, 6.07) is 4.37. The van der Waals surface area contributed by atoms with E-state index in [-0.39, 0.29) is 5.91 Å². The molecule has 0 spiro atoms. The highest BCUT2D eigenvalue weighted by Crippen LogP contribution is 2.21. The fourth-order valence-electron chi connectivity index (χ4n) is 3.45. The highest BCUT2D eigenvalue weighted by atomic mass is 16.1. The number of aryl methyl sites for hydroxylation is 1. The summed E-state index contributed by atoms with van der Waals surface area (Å²) >= 11 is 0. The molecule has 2 aromatic rings. The molecule has 1 aliphatic carbocycles. The molecule has 1 saturated carbocycles. The summed E-state index contributed by atoms with van der Waals surface area (Å²) in [7, 11) is 0. The molecule has 4 nitrogen and oxygen atoms in total. The summed E-state index contributed by atoms with van der Waals surface area (Å²) in [6.45, 7) is 2.97. The number of rotatable bonds is 4. The van der Waals surface area contributed by atoms with Gasteiger partial charge in [0.2, 0.25) is 5.91 Å². The Kier molecular flexibility index (Phi) is 4.76. The molecule has 4 heteroatoms. The monoisotopic (exact) mass is 299 g/mol. The minimum atomic E-state index is 0.144. The van der Waals surface area contributed by atoms with Gasteiger partial charge in [-0.25, -0.2) is 4.98 Å². The minimum absolute atomic E-state index is 0.144. The summed E-state index contributed by atoms with van der Waals surface area (Å²) in [6.07, 6.45) is 11.7. The van der Waals surface area contributed by atoms with E-state index in [0.717, 1.165) is 36.0 Å². The van der Waals surface area contributed by atoms with Crippen LogP contribution in [-0.2, 0) is 17.8 Å². The van der Waals surface area contributed by atoms with Crippen LogP contribution in [-0.4, -0.2) is 21.5 Å². The number of hydrogen-bond donors (Lipinski definition) is 1. The maximum atomic E-state index is 12.4. The summed E-state index contributed by atoms with van der Waals surface area (Å²) < 4.78 is 2.11. The van der Waals surface area contributed by atoms with Gasteiger partial charge in [-0.05, 0) is 37.5 Å². The van der Waals surface area contributed by atoms with Crippen molar-refractivity contribution in [1.82, 2.24) is 14.9 Å². The normalized spacial score (nSPS) is 16.6. The lowest BCUT2D eigenvalue weighted by molar-refractivity contribution is -0.121. The van der Waals surface area contributed by atoms with Crippen LogP contribution in [0, 0.1) is 0 Å². The maximum absolute atomic E-state index is 12.4. The minimum Gasteiger partial charge on any atom is -0.353 e. The fourth-order valence-corrected chi connectivity index (χ4v) is 3.45. The lowest BCUT2D eigenvalue weighted by Crippen LogP contribution is -2.35. The number of carbonyl (C=O) groups excluding carboxylic acids is 1. The van der Waals surface area contributed by atoms with Crippen molar-refractivity contribution >= 4 is 16.9 Å². The van der Waals surface area contributed by atoms with Crippen molar-refractivity contribution < 1.29 is 4.79 Å². The predicted octanol–water partition coefficient (Wildman–Crippen LogP) is 3.44. The van der Waals surface area contributed by atoms with Gasteiger partial charge in [0.05, 0.1) is 6.42 Å². The van der Waals surface area contributed by atoms with Crippen LogP contribution in [0.5, 0.6) is 0 Å². The Balaban J connectivity index is 1.71. The molecule has 1 N–H and O–H groups in total. The van der Waals surface area contributed by atoms with Crippen LogP contribution in [0.3, 0.4) is 0 Å². The van der Waals surface area contributed by atoms with Crippen LogP contribution >= 0.6 is 0 Å². The molecule has 22 heavy (non-hydrogen) atoms. The smallest absolute Gasteiger partial charge is 0.224 e. The standard InChI is InChI=1S/C18H25N3O/c1-2-21-13-14(16-10-7-11-19-18(16)21)12-17(22)20-15-8-5-3-4-6-9-15/h7,10-11,13,15H,2-6,8-9,12H2,1H3,(H,20,22). The average Bonchev–Trinajstić information content (AvgIpc) is 2.70. The second-order valence-corrected chi connectivity index (χ2v) is 6.25. The zero-order valence-corrected chi connectivity index (χ0v) is 13.3. The number of nitrogens with one attached hydrogen (secondary N) is 1. The van der Waals surface area contributed by atoms with Gasteiger partial charge >= 0.3 is 0 Å². The van der Waals surface area contributed by atoms with Crippen LogP contribution in [0.4, 0.5) is 0 Å². The van der Waals surface area contributed by atoms with E-state index in [1.54, 1.807) is 0 Å². The van der Waals surface area contributed by atoms with Crippen LogP contribution in [0.2, 0.25) is 0 Å². The first-order valence-electron chi connectivity index (χ1n) is 8.50. The molecule has 1 amide bonds. The van der Waals surface area contributed by atoms with Crippen molar-refractivity contribution in [3.63, 3.8) is 0 Å². The molecule has 0 radical (unpaired) electrons. The lowest BCUT2D eigenvalue weighted by Gasteiger charge is -2.15. The third-order valence-electron chi connectivity index (χ3n) is 4.63. The van der Waals surface area contributed by atoms with Crippen LogP contribution < -0.4 is 5.32 Å². The molecule has 0 unspecified atom stereocenters. The molecule has 0 bridgehead atoms. The molecule has 118 valence electrons. The van der Waals surface area contributed by atoms with Gasteiger partial charge in [-0.3, -0.25) is 4.79 Å². The first kappa shape index (κ1) is 15.1. The third kappa shape index (κ3) is 3.32. The van der Waals surface area contributed by atoms with Crippen LogP contribution in [0.1, 0.15) is 51.0 Å². The Morgan fingerprint density at radius 2 is 2.09 bits per heavy atom. The van der Waals surface area contributed by atoms with Crippen molar-refractivity contribution in [2.45, 2.75) is 64.5 Å². The van der Waals surface area contributed by atoms with Crippen molar-refractivity contribution in [1.29, 1.82) is 0 Å². The molecular weight excluding hydrogens is 274 g/mol. The molecule has 2 aromatic heterocycles. The number of pyridine rings is 1. The second kappa shape index (κ2) is 6.95. The highest BCUT2D eigenvalue weighted by Gasteiger charge is 2.17. The van der Waals surface area contributed by atoms with Gasteiger partial charge in [-0.15, -0.1) is 0 Å². The molecule has 2 heterocycles. The van der Waals surface area contributed by atoms with Gasteiger partial charge in [0.25, 0.3) is 0 Å². The molecule has 0 saturated heterocycles. The number of aromatic nitrogens is 2. The quantitative estimate of drug-likeness (QED) is 0.879. The van der Waals surface area contributed by atoms with Crippen molar-refractivity contribution in [3.05, 3.63) is 30.1 Å². The van der Waals surface area contributed by atoms with E-state index in [1.165, 1.54) is 25.7 Å². The fraction of sp³-hybridized carbons (Fsp3) is 0.556. The van der Waals surface area contributed by atoms with Crippen molar-refractivity contribution in [2.75, 3.05) is 0 Å². The zero-order valence-electron chi connectivity index (χ0n) is 13.3. The summed E-state index contributed by atoms with van der Waals surface area (Å²) in [5, 5.41) is 4.33. The number of amides is 1. The largest absolute Gasteiger partial charge is 0.353 e. The number of fused-ring (bicyclic) bond motifs is 1. The van der Waals surface area contributed by atoms with E-state index in [0.29, 0.717) is 12.5 Å². The van der Waals surface area contributed by atoms with Crippen LogP contribution in [0.25, 0.3) is 11.0 Å². The average molecular weight is 299 g/mol. The Bertz CT molecular complexity index is 639. The Hall–Kier alpha value is -1.84. The summed E-state index contributed by atoms with van der Waals surface area (Å²) in [4.78, 5) is 16.8. The maximum Gasteiger partial charge on any atom is 0.224 e. The summed E-state index contributed by atoms with van der Waals surface area (Å²) in [5.41, 5.74) is 2.05. The van der Waals surface area contributed by atoms with Gasteiger partial charge in [-0.1, -0.05) is 25.7 Å². The zero-order chi connectivity index (χ0) is 15.4. The van der Waals surface area contributed by atoms with E-state index < -0.39 is 0 Å². The Morgan fingerprint density at radius 1 is 1.32 bits per heavy atom. The van der Waals surface area contributed by atoms with Gasteiger partial charge in [0.1, 0.15) is 5.65 Å². The molecule has 3 rings (SSSR count). The lowest BCUT2D eigenvalue weighted by atomic mass is 10.1. The van der Waals surface area contributed by atoms with Gasteiger partial charge < -0.3 is 9.88 Å².